The van der Waals surface area contributed by atoms with Crippen LogP contribution in [0.15, 0.2) is 0 Å². The fourth-order valence-electron chi connectivity index (χ4n) is 3.42. The largest absolute Gasteiger partial charge is 0.480 e. The predicted molar refractivity (Wildman–Crippen MR) is 72.6 cm³/mol. The summed E-state index contributed by atoms with van der Waals surface area (Å²) in [6.07, 6.45) is 8.69. The Morgan fingerprint density at radius 1 is 1.26 bits per heavy atom. The van der Waals surface area contributed by atoms with Gasteiger partial charge in [0, 0.05) is 5.92 Å². The van der Waals surface area contributed by atoms with Crippen LogP contribution in [0.1, 0.15) is 58.3 Å². The Hall–Kier alpha value is -1.06. The van der Waals surface area contributed by atoms with Crippen LogP contribution in [-0.2, 0) is 9.59 Å². The summed E-state index contributed by atoms with van der Waals surface area (Å²) in [6, 6.07) is -0.704. The van der Waals surface area contributed by atoms with E-state index in [-0.39, 0.29) is 11.8 Å². The predicted octanol–water partition coefficient (Wildman–Crippen LogP) is 2.57. The second-order valence-corrected chi connectivity index (χ2v) is 6.09. The van der Waals surface area contributed by atoms with Crippen molar-refractivity contribution in [3.8, 4) is 0 Å². The molecule has 0 aromatic rings. The first-order valence-electron chi connectivity index (χ1n) is 7.66. The lowest BCUT2D eigenvalue weighted by Gasteiger charge is -2.21. The highest BCUT2D eigenvalue weighted by Gasteiger charge is 2.47. The van der Waals surface area contributed by atoms with Crippen LogP contribution in [0.2, 0.25) is 0 Å². The minimum Gasteiger partial charge on any atom is -0.480 e. The van der Waals surface area contributed by atoms with Gasteiger partial charge in [0.15, 0.2) is 0 Å². The summed E-state index contributed by atoms with van der Waals surface area (Å²) in [4.78, 5) is 23.1. The van der Waals surface area contributed by atoms with E-state index in [2.05, 4.69) is 5.32 Å². The third-order valence-corrected chi connectivity index (χ3v) is 4.62. The van der Waals surface area contributed by atoms with Gasteiger partial charge in [-0.3, -0.25) is 4.79 Å². The van der Waals surface area contributed by atoms with Gasteiger partial charge in [-0.25, -0.2) is 4.79 Å². The van der Waals surface area contributed by atoms with Crippen molar-refractivity contribution < 1.29 is 14.7 Å². The Kier molecular flexibility index (Phi) is 4.83. The molecular weight excluding hydrogens is 242 g/mol. The Morgan fingerprint density at radius 2 is 1.95 bits per heavy atom. The van der Waals surface area contributed by atoms with E-state index in [1.165, 1.54) is 32.1 Å². The molecule has 2 saturated carbocycles. The minimum atomic E-state index is -0.912. The molecule has 2 aliphatic rings. The Morgan fingerprint density at radius 3 is 2.53 bits per heavy atom. The van der Waals surface area contributed by atoms with Gasteiger partial charge in [0.2, 0.25) is 5.91 Å². The molecule has 0 heterocycles. The van der Waals surface area contributed by atoms with E-state index in [4.69, 9.17) is 5.11 Å². The molecule has 0 bridgehead atoms. The van der Waals surface area contributed by atoms with Gasteiger partial charge in [-0.1, -0.05) is 45.4 Å². The molecule has 108 valence electrons. The number of hydrogen-bond donors (Lipinski definition) is 2. The maximum Gasteiger partial charge on any atom is 0.326 e. The summed E-state index contributed by atoms with van der Waals surface area (Å²) in [6.45, 7) is 1.93. The molecule has 4 heteroatoms. The first kappa shape index (κ1) is 14.4. The molecule has 3 unspecified atom stereocenters. The SMILES string of the molecule is CCCC(NC(=O)C1CC1C1CCCCC1)C(=O)O. The van der Waals surface area contributed by atoms with Crippen molar-refractivity contribution in [1.29, 1.82) is 0 Å². The monoisotopic (exact) mass is 267 g/mol. The van der Waals surface area contributed by atoms with E-state index in [0.717, 1.165) is 12.8 Å². The average Bonchev–Trinajstić information content (AvgIpc) is 3.19. The lowest BCUT2D eigenvalue weighted by atomic mass is 9.85. The zero-order chi connectivity index (χ0) is 13.8. The second kappa shape index (κ2) is 6.40. The number of carbonyl (C=O) groups excluding carboxylic acids is 1. The van der Waals surface area contributed by atoms with E-state index in [0.29, 0.717) is 18.3 Å². The van der Waals surface area contributed by atoms with Crippen molar-refractivity contribution in [3.63, 3.8) is 0 Å². The fraction of sp³-hybridized carbons (Fsp3) is 0.867. The van der Waals surface area contributed by atoms with Crippen molar-refractivity contribution in [1.82, 2.24) is 5.32 Å². The van der Waals surface area contributed by atoms with Gasteiger partial charge in [-0.2, -0.15) is 0 Å². The van der Waals surface area contributed by atoms with E-state index in [1.807, 2.05) is 6.92 Å². The number of amides is 1. The highest BCUT2D eigenvalue weighted by Crippen LogP contribution is 2.49. The van der Waals surface area contributed by atoms with Crippen LogP contribution >= 0.6 is 0 Å². The minimum absolute atomic E-state index is 0.0311. The summed E-state index contributed by atoms with van der Waals surface area (Å²) < 4.78 is 0. The molecular formula is C15H25NO3. The van der Waals surface area contributed by atoms with E-state index in [1.54, 1.807) is 0 Å². The zero-order valence-electron chi connectivity index (χ0n) is 11.7. The highest BCUT2D eigenvalue weighted by molar-refractivity contribution is 5.86. The average molecular weight is 267 g/mol. The molecule has 19 heavy (non-hydrogen) atoms. The van der Waals surface area contributed by atoms with Crippen molar-refractivity contribution in [2.24, 2.45) is 17.8 Å². The molecule has 0 spiro atoms. The number of carboxylic acids is 1. The van der Waals surface area contributed by atoms with Crippen LogP contribution in [0, 0.1) is 17.8 Å². The third kappa shape index (κ3) is 3.71. The van der Waals surface area contributed by atoms with Crippen LogP contribution in [0.25, 0.3) is 0 Å². The van der Waals surface area contributed by atoms with Crippen molar-refractivity contribution in [3.05, 3.63) is 0 Å². The molecule has 2 aliphatic carbocycles. The molecule has 3 atom stereocenters. The third-order valence-electron chi connectivity index (χ3n) is 4.62. The van der Waals surface area contributed by atoms with E-state index in [9.17, 15) is 9.59 Å². The van der Waals surface area contributed by atoms with Crippen LogP contribution in [0.5, 0.6) is 0 Å². The lowest BCUT2D eigenvalue weighted by Crippen LogP contribution is -2.41. The summed E-state index contributed by atoms with van der Waals surface area (Å²) in [5, 5.41) is 11.8. The molecule has 0 saturated heterocycles. The molecule has 2 N–H and O–H groups in total. The summed E-state index contributed by atoms with van der Waals surface area (Å²) in [5.74, 6) is 0.374. The van der Waals surface area contributed by atoms with Gasteiger partial charge < -0.3 is 10.4 Å². The maximum absolute atomic E-state index is 12.1. The lowest BCUT2D eigenvalue weighted by molar-refractivity contribution is -0.142. The maximum atomic E-state index is 12.1. The van der Waals surface area contributed by atoms with Crippen LogP contribution in [0.4, 0.5) is 0 Å². The molecule has 2 rings (SSSR count). The number of carbonyl (C=O) groups is 2. The number of rotatable bonds is 6. The summed E-state index contributed by atoms with van der Waals surface area (Å²) in [7, 11) is 0. The second-order valence-electron chi connectivity index (χ2n) is 6.09. The van der Waals surface area contributed by atoms with Crippen molar-refractivity contribution in [2.75, 3.05) is 0 Å². The van der Waals surface area contributed by atoms with Gasteiger partial charge >= 0.3 is 5.97 Å². The van der Waals surface area contributed by atoms with Gasteiger partial charge in [0.25, 0.3) is 0 Å². The molecule has 0 aliphatic heterocycles. The van der Waals surface area contributed by atoms with Crippen LogP contribution < -0.4 is 5.32 Å². The van der Waals surface area contributed by atoms with Gasteiger partial charge in [0.05, 0.1) is 0 Å². The zero-order valence-corrected chi connectivity index (χ0v) is 11.7. The molecule has 4 nitrogen and oxygen atoms in total. The number of hydrogen-bond acceptors (Lipinski definition) is 2. The topological polar surface area (TPSA) is 66.4 Å². The summed E-state index contributed by atoms with van der Waals surface area (Å²) >= 11 is 0. The van der Waals surface area contributed by atoms with Crippen LogP contribution in [-0.4, -0.2) is 23.0 Å². The van der Waals surface area contributed by atoms with Crippen molar-refractivity contribution >= 4 is 11.9 Å². The fourth-order valence-corrected chi connectivity index (χ4v) is 3.42. The van der Waals surface area contributed by atoms with Crippen molar-refractivity contribution in [2.45, 2.75) is 64.3 Å². The van der Waals surface area contributed by atoms with Gasteiger partial charge in [-0.05, 0) is 24.7 Å². The van der Waals surface area contributed by atoms with Gasteiger partial charge in [0.1, 0.15) is 6.04 Å². The molecule has 0 radical (unpaired) electrons. The summed E-state index contributed by atoms with van der Waals surface area (Å²) in [5.41, 5.74) is 0. The van der Waals surface area contributed by atoms with E-state index >= 15 is 0 Å². The smallest absolute Gasteiger partial charge is 0.326 e. The van der Waals surface area contributed by atoms with Crippen LogP contribution in [0.3, 0.4) is 0 Å². The van der Waals surface area contributed by atoms with Gasteiger partial charge in [-0.15, -0.1) is 0 Å². The highest BCUT2D eigenvalue weighted by atomic mass is 16.4. The molecule has 0 aromatic heterocycles. The number of aliphatic carboxylic acids is 1. The quantitative estimate of drug-likeness (QED) is 0.777. The first-order valence-corrected chi connectivity index (χ1v) is 7.66. The molecule has 1 amide bonds. The Bertz CT molecular complexity index is 336. The molecule has 2 fully saturated rings. The Balaban J connectivity index is 1.79. The number of nitrogens with one attached hydrogen (secondary N) is 1. The normalized spacial score (nSPS) is 28.7. The molecule has 0 aromatic carbocycles. The first-order chi connectivity index (χ1) is 9.13. The standard InChI is InChI=1S/C15H25NO3/c1-2-6-13(15(18)19)16-14(17)12-9-11(12)10-7-4-3-5-8-10/h10-13H,2-9H2,1H3,(H,16,17)(H,18,19). The Labute approximate surface area is 115 Å². The number of carboxylic acid groups (broad SMARTS) is 1. The van der Waals surface area contributed by atoms with E-state index < -0.39 is 12.0 Å².